The Morgan fingerprint density at radius 3 is 2.57 bits per heavy atom. The van der Waals surface area contributed by atoms with Crippen LogP contribution >= 0.6 is 0 Å². The standard InChI is InChI=1S/C20H18N8O2/c1-12-4-3-5-13(24-12)10-28-20(30)18-15(8-22-28)17-16(26(18)2)9-23-27(19(17)29)11-14-6-7-21-25-14/h3-9H,10-11H2,1-2H3,(H,21,25). The summed E-state index contributed by atoms with van der Waals surface area (Å²) in [5.41, 5.74) is 2.80. The average molecular weight is 402 g/mol. The summed E-state index contributed by atoms with van der Waals surface area (Å²) in [5.74, 6) is 0. The van der Waals surface area contributed by atoms with Gasteiger partial charge in [0.2, 0.25) is 0 Å². The van der Waals surface area contributed by atoms with Crippen LogP contribution in [0.25, 0.3) is 21.8 Å². The molecule has 0 fully saturated rings. The zero-order valence-corrected chi connectivity index (χ0v) is 16.4. The predicted octanol–water partition coefficient (Wildman–Crippen LogP) is 0.968. The lowest BCUT2D eigenvalue weighted by atomic mass is 10.2. The SMILES string of the molecule is Cc1cccc(Cn2ncc3c4c(=O)n(Cc5ccn[nH]5)ncc4n(C)c3c2=O)n1. The highest BCUT2D eigenvalue weighted by atomic mass is 16.1. The van der Waals surface area contributed by atoms with Crippen LogP contribution in [0, 0.1) is 6.92 Å². The Morgan fingerprint density at radius 2 is 1.80 bits per heavy atom. The molecule has 0 aromatic carbocycles. The van der Waals surface area contributed by atoms with Gasteiger partial charge in [-0.2, -0.15) is 15.3 Å². The highest BCUT2D eigenvalue weighted by molar-refractivity contribution is 6.06. The minimum absolute atomic E-state index is 0.250. The van der Waals surface area contributed by atoms with Crippen LogP contribution in [0.3, 0.4) is 0 Å². The van der Waals surface area contributed by atoms with E-state index >= 15 is 0 Å². The van der Waals surface area contributed by atoms with Gasteiger partial charge in [-0.3, -0.25) is 19.7 Å². The number of nitrogens with zero attached hydrogens (tertiary/aromatic N) is 7. The topological polar surface area (TPSA) is 116 Å². The van der Waals surface area contributed by atoms with Gasteiger partial charge >= 0.3 is 0 Å². The molecule has 5 aromatic heterocycles. The Kier molecular flexibility index (Phi) is 4.05. The quantitative estimate of drug-likeness (QED) is 0.479. The van der Waals surface area contributed by atoms with Gasteiger partial charge < -0.3 is 4.57 Å². The maximum Gasteiger partial charge on any atom is 0.291 e. The fourth-order valence-corrected chi connectivity index (χ4v) is 3.69. The first-order chi connectivity index (χ1) is 14.5. The third kappa shape index (κ3) is 2.81. The number of aromatic nitrogens is 8. The first-order valence-electron chi connectivity index (χ1n) is 9.38. The minimum atomic E-state index is -0.285. The zero-order chi connectivity index (χ0) is 20.8. The first-order valence-corrected chi connectivity index (χ1v) is 9.38. The molecule has 5 rings (SSSR count). The van der Waals surface area contributed by atoms with Crippen molar-refractivity contribution in [2.24, 2.45) is 7.05 Å². The molecule has 0 aliphatic carbocycles. The Hall–Kier alpha value is -4.08. The molecule has 0 aliphatic rings. The van der Waals surface area contributed by atoms with E-state index in [1.54, 1.807) is 36.3 Å². The lowest BCUT2D eigenvalue weighted by molar-refractivity contribution is 0.631. The number of fused-ring (bicyclic) bond motifs is 3. The van der Waals surface area contributed by atoms with E-state index in [0.29, 0.717) is 21.8 Å². The number of aryl methyl sites for hydroxylation is 2. The molecule has 5 aromatic rings. The van der Waals surface area contributed by atoms with Gasteiger partial charge in [0, 0.05) is 24.3 Å². The second-order valence-electron chi connectivity index (χ2n) is 7.15. The van der Waals surface area contributed by atoms with Crippen LogP contribution in [-0.2, 0) is 20.1 Å². The number of H-pyrrole nitrogens is 1. The lowest BCUT2D eigenvalue weighted by Crippen LogP contribution is -2.25. The number of hydrogen-bond donors (Lipinski definition) is 1. The van der Waals surface area contributed by atoms with Gasteiger partial charge in [0.15, 0.2) is 0 Å². The van der Waals surface area contributed by atoms with Crippen molar-refractivity contribution in [2.45, 2.75) is 20.0 Å². The summed E-state index contributed by atoms with van der Waals surface area (Å²) in [6.45, 7) is 2.41. The largest absolute Gasteiger partial charge is 0.338 e. The normalized spacial score (nSPS) is 11.5. The van der Waals surface area contributed by atoms with Crippen molar-refractivity contribution in [3.05, 3.63) is 80.6 Å². The molecule has 0 aliphatic heterocycles. The molecular weight excluding hydrogens is 384 g/mol. The van der Waals surface area contributed by atoms with E-state index in [1.165, 1.54) is 9.36 Å². The number of hydrogen-bond acceptors (Lipinski definition) is 6. The van der Waals surface area contributed by atoms with Crippen LogP contribution in [0.5, 0.6) is 0 Å². The summed E-state index contributed by atoms with van der Waals surface area (Å²) in [6, 6.07) is 7.42. The molecule has 0 radical (unpaired) electrons. The van der Waals surface area contributed by atoms with E-state index in [9.17, 15) is 9.59 Å². The monoisotopic (exact) mass is 402 g/mol. The molecule has 0 saturated carbocycles. The van der Waals surface area contributed by atoms with Crippen molar-refractivity contribution in [3.8, 4) is 0 Å². The van der Waals surface area contributed by atoms with Gasteiger partial charge in [0.25, 0.3) is 11.1 Å². The smallest absolute Gasteiger partial charge is 0.291 e. The molecule has 0 saturated heterocycles. The molecule has 150 valence electrons. The summed E-state index contributed by atoms with van der Waals surface area (Å²) >= 11 is 0. The highest BCUT2D eigenvalue weighted by Gasteiger charge is 2.18. The average Bonchev–Trinajstić information content (AvgIpc) is 3.33. The predicted molar refractivity (Wildman–Crippen MR) is 110 cm³/mol. The molecule has 0 bridgehead atoms. The molecule has 0 amide bonds. The molecule has 0 spiro atoms. The molecule has 10 heteroatoms. The third-order valence-corrected chi connectivity index (χ3v) is 5.14. The van der Waals surface area contributed by atoms with E-state index in [1.807, 2.05) is 25.1 Å². The van der Waals surface area contributed by atoms with Gasteiger partial charge in [0.1, 0.15) is 5.52 Å². The van der Waals surface area contributed by atoms with Gasteiger partial charge in [-0.1, -0.05) is 6.07 Å². The third-order valence-electron chi connectivity index (χ3n) is 5.14. The first kappa shape index (κ1) is 18.0. The van der Waals surface area contributed by atoms with E-state index in [0.717, 1.165) is 17.1 Å². The van der Waals surface area contributed by atoms with Crippen LogP contribution < -0.4 is 11.1 Å². The fraction of sp³-hybridized carbons (Fsp3) is 0.200. The summed E-state index contributed by atoms with van der Waals surface area (Å²) in [5, 5.41) is 16.2. The fourth-order valence-electron chi connectivity index (χ4n) is 3.69. The van der Waals surface area contributed by atoms with E-state index in [4.69, 9.17) is 0 Å². The molecule has 1 N–H and O–H groups in total. The summed E-state index contributed by atoms with van der Waals surface area (Å²) < 4.78 is 4.40. The molecular formula is C20H18N8O2. The van der Waals surface area contributed by atoms with E-state index in [2.05, 4.69) is 25.4 Å². The number of nitrogens with one attached hydrogen (secondary N) is 1. The molecule has 0 atom stereocenters. The van der Waals surface area contributed by atoms with Gasteiger partial charge in [-0.25, -0.2) is 9.36 Å². The van der Waals surface area contributed by atoms with Gasteiger partial charge in [-0.15, -0.1) is 0 Å². The van der Waals surface area contributed by atoms with E-state index in [-0.39, 0.29) is 24.2 Å². The Bertz CT molecular complexity index is 1510. The van der Waals surface area contributed by atoms with Crippen LogP contribution in [0.2, 0.25) is 0 Å². The number of rotatable bonds is 4. The zero-order valence-electron chi connectivity index (χ0n) is 16.4. The van der Waals surface area contributed by atoms with Gasteiger partial charge in [0.05, 0.1) is 47.8 Å². The van der Waals surface area contributed by atoms with E-state index < -0.39 is 0 Å². The van der Waals surface area contributed by atoms with Crippen molar-refractivity contribution < 1.29 is 0 Å². The Morgan fingerprint density at radius 1 is 1.00 bits per heavy atom. The van der Waals surface area contributed by atoms with Crippen molar-refractivity contribution >= 4 is 21.8 Å². The maximum absolute atomic E-state index is 13.2. The number of pyridine rings is 1. The summed E-state index contributed by atoms with van der Waals surface area (Å²) in [7, 11) is 1.75. The Labute approximate surface area is 169 Å². The molecule has 0 unspecified atom stereocenters. The summed E-state index contributed by atoms with van der Waals surface area (Å²) in [6.07, 6.45) is 4.78. The van der Waals surface area contributed by atoms with Crippen molar-refractivity contribution in [2.75, 3.05) is 0 Å². The second kappa shape index (κ2) is 6.76. The maximum atomic E-state index is 13.2. The van der Waals surface area contributed by atoms with Crippen LogP contribution in [0.4, 0.5) is 0 Å². The molecule has 10 nitrogen and oxygen atoms in total. The van der Waals surface area contributed by atoms with Crippen molar-refractivity contribution in [1.82, 2.24) is 39.3 Å². The summed E-state index contributed by atoms with van der Waals surface area (Å²) in [4.78, 5) is 30.7. The highest BCUT2D eigenvalue weighted by Crippen LogP contribution is 2.21. The van der Waals surface area contributed by atoms with Crippen molar-refractivity contribution in [1.29, 1.82) is 0 Å². The van der Waals surface area contributed by atoms with Crippen molar-refractivity contribution in [3.63, 3.8) is 0 Å². The van der Waals surface area contributed by atoms with Crippen LogP contribution in [0.15, 0.2) is 52.4 Å². The lowest BCUT2D eigenvalue weighted by Gasteiger charge is -2.05. The molecule has 5 heterocycles. The Balaban J connectivity index is 1.67. The minimum Gasteiger partial charge on any atom is -0.338 e. The van der Waals surface area contributed by atoms with Gasteiger partial charge in [-0.05, 0) is 25.1 Å². The second-order valence-corrected chi connectivity index (χ2v) is 7.15. The van der Waals surface area contributed by atoms with Crippen LogP contribution in [0.1, 0.15) is 17.1 Å². The number of aromatic amines is 1. The van der Waals surface area contributed by atoms with Crippen LogP contribution in [-0.4, -0.2) is 39.3 Å². The molecule has 30 heavy (non-hydrogen) atoms.